The van der Waals surface area contributed by atoms with Gasteiger partial charge in [0.15, 0.2) is 5.16 Å². The molecule has 0 atom stereocenters. The highest BCUT2D eigenvalue weighted by atomic mass is 32.2. The highest BCUT2D eigenvalue weighted by molar-refractivity contribution is 7.99. The van der Waals surface area contributed by atoms with Gasteiger partial charge in [0.2, 0.25) is 5.91 Å². The van der Waals surface area contributed by atoms with Gasteiger partial charge in [-0.1, -0.05) is 30.0 Å². The van der Waals surface area contributed by atoms with E-state index >= 15 is 0 Å². The molecule has 35 heavy (non-hydrogen) atoms. The summed E-state index contributed by atoms with van der Waals surface area (Å²) in [5.41, 5.74) is 1.78. The minimum Gasteiger partial charge on any atom is -0.494 e. The number of aromatic nitrogens is 5. The lowest BCUT2D eigenvalue weighted by atomic mass is 10.2. The van der Waals surface area contributed by atoms with Crippen LogP contribution in [0.15, 0.2) is 69.3 Å². The lowest BCUT2D eigenvalue weighted by Crippen LogP contribution is -2.23. The number of thioether (sulfide) groups is 1. The Bertz CT molecular complexity index is 1410. The molecule has 0 aliphatic carbocycles. The molecule has 0 spiro atoms. The quantitative estimate of drug-likeness (QED) is 0.306. The number of para-hydroxylation sites is 1. The van der Waals surface area contributed by atoms with Gasteiger partial charge in [0, 0.05) is 29.6 Å². The Morgan fingerprint density at radius 3 is 2.57 bits per heavy atom. The molecule has 10 nitrogen and oxygen atoms in total. The van der Waals surface area contributed by atoms with Gasteiger partial charge in [-0.05, 0) is 49.7 Å². The summed E-state index contributed by atoms with van der Waals surface area (Å²) >= 11 is 1.23. The zero-order valence-corrected chi connectivity index (χ0v) is 20.0. The topological polar surface area (TPSA) is 135 Å². The molecule has 180 valence electrons. The largest absolute Gasteiger partial charge is 0.494 e. The molecular formula is C24H24N6O4S. The Balaban J connectivity index is 1.60. The molecule has 2 heterocycles. The lowest BCUT2D eigenvalue weighted by molar-refractivity contribution is -0.113. The van der Waals surface area contributed by atoms with Gasteiger partial charge < -0.3 is 15.0 Å². The van der Waals surface area contributed by atoms with Gasteiger partial charge in [-0.3, -0.25) is 19.1 Å². The Labute approximate surface area is 204 Å². The molecule has 4 rings (SSSR count). The van der Waals surface area contributed by atoms with Crippen molar-refractivity contribution < 1.29 is 9.53 Å². The second kappa shape index (κ2) is 10.9. The molecule has 3 N–H and O–H groups in total. The highest BCUT2D eigenvalue weighted by Crippen LogP contribution is 2.25. The summed E-state index contributed by atoms with van der Waals surface area (Å²) in [6.45, 7) is 4.38. The van der Waals surface area contributed by atoms with Crippen LogP contribution in [0.25, 0.3) is 5.69 Å². The second-order valence-corrected chi connectivity index (χ2v) is 8.55. The lowest BCUT2D eigenvalue weighted by Gasteiger charge is -2.12. The first kappa shape index (κ1) is 24.0. The van der Waals surface area contributed by atoms with Crippen LogP contribution in [0.3, 0.4) is 0 Å². The van der Waals surface area contributed by atoms with Crippen molar-refractivity contribution in [2.45, 2.75) is 25.4 Å². The summed E-state index contributed by atoms with van der Waals surface area (Å²) < 4.78 is 7.32. The third-order valence-electron chi connectivity index (χ3n) is 5.02. The van der Waals surface area contributed by atoms with Crippen LogP contribution >= 0.6 is 11.8 Å². The molecular weight excluding hydrogens is 468 g/mol. The van der Waals surface area contributed by atoms with Crippen molar-refractivity contribution in [3.63, 3.8) is 0 Å². The van der Waals surface area contributed by atoms with E-state index in [4.69, 9.17) is 4.74 Å². The number of benzene rings is 2. The maximum Gasteiger partial charge on any atom is 0.325 e. The molecule has 0 bridgehead atoms. The van der Waals surface area contributed by atoms with Crippen molar-refractivity contribution >= 4 is 23.4 Å². The van der Waals surface area contributed by atoms with Crippen LogP contribution in [0.2, 0.25) is 0 Å². The van der Waals surface area contributed by atoms with E-state index in [2.05, 4.69) is 25.5 Å². The number of ether oxygens (including phenoxy) is 1. The van der Waals surface area contributed by atoms with E-state index in [1.807, 2.05) is 62.4 Å². The van der Waals surface area contributed by atoms with Crippen LogP contribution in [0.4, 0.5) is 5.69 Å². The molecule has 0 fully saturated rings. The number of carbonyl (C=O) groups excluding carboxylic acids is 1. The summed E-state index contributed by atoms with van der Waals surface area (Å²) in [7, 11) is 0. The zero-order valence-electron chi connectivity index (χ0n) is 19.2. The first-order chi connectivity index (χ1) is 16.9. The maximum atomic E-state index is 12.6. The summed E-state index contributed by atoms with van der Waals surface area (Å²) in [4.78, 5) is 40.8. The molecule has 0 unspecified atom stereocenters. The van der Waals surface area contributed by atoms with Crippen molar-refractivity contribution in [1.29, 1.82) is 0 Å². The fourth-order valence-corrected chi connectivity index (χ4v) is 4.21. The molecule has 2 aromatic carbocycles. The number of nitrogens with zero attached hydrogens (tertiary/aromatic N) is 3. The summed E-state index contributed by atoms with van der Waals surface area (Å²) in [5.74, 6) is 1.16. The monoisotopic (exact) mass is 492 g/mol. The van der Waals surface area contributed by atoms with E-state index < -0.39 is 11.2 Å². The first-order valence-corrected chi connectivity index (χ1v) is 11.9. The molecule has 0 radical (unpaired) electrons. The van der Waals surface area contributed by atoms with E-state index in [1.165, 1.54) is 17.8 Å². The van der Waals surface area contributed by atoms with Crippen molar-refractivity contribution in [1.82, 2.24) is 24.7 Å². The first-order valence-electron chi connectivity index (χ1n) is 10.9. The Morgan fingerprint density at radius 2 is 1.86 bits per heavy atom. The number of hydrogen-bond donors (Lipinski definition) is 3. The zero-order chi connectivity index (χ0) is 24.8. The number of rotatable bonds is 9. The molecule has 4 aromatic rings. The van der Waals surface area contributed by atoms with Crippen molar-refractivity contribution in [2.75, 3.05) is 17.7 Å². The number of hydrogen-bond acceptors (Lipinski definition) is 7. The molecule has 11 heteroatoms. The van der Waals surface area contributed by atoms with Gasteiger partial charge in [-0.15, -0.1) is 10.2 Å². The van der Waals surface area contributed by atoms with Crippen LogP contribution in [0, 0.1) is 6.92 Å². The van der Waals surface area contributed by atoms with E-state index in [-0.39, 0.29) is 18.1 Å². The average Bonchev–Trinajstić information content (AvgIpc) is 3.21. The van der Waals surface area contributed by atoms with E-state index in [9.17, 15) is 14.4 Å². The number of aryl methyl sites for hydroxylation is 1. The van der Waals surface area contributed by atoms with Crippen molar-refractivity contribution in [2.24, 2.45) is 0 Å². The number of amides is 1. The Hall–Kier alpha value is -4.12. The van der Waals surface area contributed by atoms with Crippen LogP contribution in [0.1, 0.15) is 24.0 Å². The predicted molar refractivity (Wildman–Crippen MR) is 134 cm³/mol. The van der Waals surface area contributed by atoms with Crippen LogP contribution in [-0.2, 0) is 11.2 Å². The van der Waals surface area contributed by atoms with Gasteiger partial charge in [0.25, 0.3) is 5.56 Å². The minimum absolute atomic E-state index is 0.116. The number of nitrogens with one attached hydrogen (secondary N) is 3. The Kier molecular flexibility index (Phi) is 7.46. The van der Waals surface area contributed by atoms with Crippen LogP contribution in [0.5, 0.6) is 5.75 Å². The number of carbonyl (C=O) groups is 1. The standard InChI is InChI=1S/C24H24N6O4S/c1-3-34-18-10-8-17(9-11-18)30-20(12-16-13-21(31)27-23(33)25-16)28-29-24(30)35-14-22(32)26-19-7-5-4-6-15(19)2/h4-11,13H,3,12,14H2,1-2H3,(H,26,32)(H2,25,27,31,33). The van der Waals surface area contributed by atoms with Gasteiger partial charge in [-0.2, -0.15) is 0 Å². The average molecular weight is 493 g/mol. The number of anilines is 1. The fourth-order valence-electron chi connectivity index (χ4n) is 3.44. The van der Waals surface area contributed by atoms with E-state index in [0.717, 1.165) is 22.7 Å². The third kappa shape index (κ3) is 6.07. The van der Waals surface area contributed by atoms with E-state index in [1.54, 1.807) is 4.57 Å². The number of aromatic amines is 2. The molecule has 0 aliphatic rings. The van der Waals surface area contributed by atoms with Gasteiger partial charge in [-0.25, -0.2) is 4.79 Å². The fraction of sp³-hybridized carbons (Fsp3) is 0.208. The van der Waals surface area contributed by atoms with Crippen molar-refractivity contribution in [3.05, 3.63) is 92.5 Å². The predicted octanol–water partition coefficient (Wildman–Crippen LogP) is 2.67. The molecule has 0 aliphatic heterocycles. The van der Waals surface area contributed by atoms with Crippen molar-refractivity contribution in [3.8, 4) is 11.4 Å². The van der Waals surface area contributed by atoms with Crippen LogP contribution < -0.4 is 21.3 Å². The number of H-pyrrole nitrogens is 2. The summed E-state index contributed by atoms with van der Waals surface area (Å²) in [6, 6.07) is 16.2. The van der Waals surface area contributed by atoms with E-state index in [0.29, 0.717) is 23.3 Å². The molecule has 0 saturated heterocycles. The van der Waals surface area contributed by atoms with Crippen LogP contribution in [-0.4, -0.2) is 43.0 Å². The highest BCUT2D eigenvalue weighted by Gasteiger charge is 2.17. The summed E-state index contributed by atoms with van der Waals surface area (Å²) in [5, 5.41) is 12.0. The molecule has 2 aromatic heterocycles. The molecule has 0 saturated carbocycles. The third-order valence-corrected chi connectivity index (χ3v) is 5.95. The smallest absolute Gasteiger partial charge is 0.325 e. The normalized spacial score (nSPS) is 10.8. The van der Waals surface area contributed by atoms with Gasteiger partial charge >= 0.3 is 5.69 Å². The summed E-state index contributed by atoms with van der Waals surface area (Å²) in [6.07, 6.45) is 0.162. The Morgan fingerprint density at radius 1 is 1.09 bits per heavy atom. The van der Waals surface area contributed by atoms with Gasteiger partial charge in [0.1, 0.15) is 11.6 Å². The second-order valence-electron chi connectivity index (χ2n) is 7.60. The molecule has 1 amide bonds. The maximum absolute atomic E-state index is 12.6. The minimum atomic E-state index is -0.595. The SMILES string of the molecule is CCOc1ccc(-n2c(Cc3cc(=O)[nH]c(=O)[nH]3)nnc2SCC(=O)Nc2ccccc2C)cc1. The van der Waals surface area contributed by atoms with Gasteiger partial charge in [0.05, 0.1) is 12.4 Å².